The van der Waals surface area contributed by atoms with Crippen molar-refractivity contribution in [1.82, 2.24) is 10.6 Å². The first-order chi connectivity index (χ1) is 11.3. The molecule has 7 nitrogen and oxygen atoms in total. The number of carbonyl (C=O) groups is 3. The molecule has 0 saturated carbocycles. The molecule has 0 radical (unpaired) electrons. The molecular weight excluding hydrogens is 317 g/mol. The van der Waals surface area contributed by atoms with Crippen LogP contribution in [0.1, 0.15) is 25.3 Å². The molecule has 24 heavy (non-hydrogen) atoms. The molecule has 0 heterocycles. The lowest BCUT2D eigenvalue weighted by Gasteiger charge is -2.21. The Morgan fingerprint density at radius 2 is 1.92 bits per heavy atom. The highest BCUT2D eigenvalue weighted by Gasteiger charge is 2.26. The molecule has 0 fully saturated rings. The fraction of sp³-hybridized carbons (Fsp3) is 0.375. The van der Waals surface area contributed by atoms with E-state index in [0.717, 1.165) is 0 Å². The number of nitriles is 1. The molecule has 1 aromatic rings. The monoisotopic (exact) mass is 335 g/mol. The van der Waals surface area contributed by atoms with Crippen molar-refractivity contribution in [3.63, 3.8) is 0 Å². The first-order valence-corrected chi connectivity index (χ1v) is 7.25. The van der Waals surface area contributed by atoms with Gasteiger partial charge >= 0.3 is 5.97 Å². The minimum Gasteiger partial charge on any atom is -0.480 e. The van der Waals surface area contributed by atoms with E-state index in [2.05, 4.69) is 10.6 Å². The van der Waals surface area contributed by atoms with E-state index in [1.54, 1.807) is 12.1 Å². The Morgan fingerprint density at radius 3 is 2.46 bits per heavy atom. The Kier molecular flexibility index (Phi) is 7.36. The van der Waals surface area contributed by atoms with Crippen LogP contribution in [0.3, 0.4) is 0 Å². The van der Waals surface area contributed by atoms with Crippen LogP contribution in [-0.2, 0) is 20.8 Å². The summed E-state index contributed by atoms with van der Waals surface area (Å²) in [5.41, 5.74) is 0.218. The molecule has 0 aromatic heterocycles. The zero-order chi connectivity index (χ0) is 18.1. The van der Waals surface area contributed by atoms with E-state index in [0.29, 0.717) is 0 Å². The van der Waals surface area contributed by atoms with Gasteiger partial charge in [0, 0.05) is 19.8 Å². The van der Waals surface area contributed by atoms with Crippen molar-refractivity contribution < 1.29 is 23.9 Å². The fourth-order valence-corrected chi connectivity index (χ4v) is 2.08. The maximum Gasteiger partial charge on any atom is 0.326 e. The van der Waals surface area contributed by atoms with Gasteiger partial charge in [0.15, 0.2) is 0 Å². The quantitative estimate of drug-likeness (QED) is 0.647. The van der Waals surface area contributed by atoms with Crippen LogP contribution >= 0.6 is 0 Å². The van der Waals surface area contributed by atoms with Crippen molar-refractivity contribution in [3.05, 3.63) is 35.6 Å². The molecule has 0 saturated heterocycles. The number of rotatable bonds is 8. The highest BCUT2D eigenvalue weighted by Crippen LogP contribution is 2.10. The summed E-state index contributed by atoms with van der Waals surface area (Å²) in [6, 6.07) is 5.21. The van der Waals surface area contributed by atoms with Gasteiger partial charge in [0.2, 0.25) is 11.8 Å². The summed E-state index contributed by atoms with van der Waals surface area (Å²) < 4.78 is 13.7. The van der Waals surface area contributed by atoms with Crippen molar-refractivity contribution in [2.24, 2.45) is 0 Å². The van der Waals surface area contributed by atoms with Crippen LogP contribution in [0.4, 0.5) is 4.39 Å². The topological polar surface area (TPSA) is 119 Å². The van der Waals surface area contributed by atoms with Gasteiger partial charge in [-0.15, -0.1) is 0 Å². The lowest BCUT2D eigenvalue weighted by atomic mass is 10.0. The molecule has 1 rings (SSSR count). The highest BCUT2D eigenvalue weighted by atomic mass is 19.1. The number of nitrogens with zero attached hydrogens (tertiary/aromatic N) is 1. The van der Waals surface area contributed by atoms with E-state index in [-0.39, 0.29) is 24.8 Å². The Balaban J connectivity index is 2.88. The zero-order valence-electron chi connectivity index (χ0n) is 13.1. The van der Waals surface area contributed by atoms with Crippen molar-refractivity contribution in [1.29, 1.82) is 5.26 Å². The van der Waals surface area contributed by atoms with Crippen LogP contribution in [0.2, 0.25) is 0 Å². The van der Waals surface area contributed by atoms with Crippen LogP contribution < -0.4 is 10.6 Å². The summed E-state index contributed by atoms with van der Waals surface area (Å²) in [5, 5.41) is 22.3. The van der Waals surface area contributed by atoms with Crippen molar-refractivity contribution in [2.75, 3.05) is 0 Å². The Labute approximate surface area is 138 Å². The number of amides is 2. The van der Waals surface area contributed by atoms with E-state index >= 15 is 0 Å². The maximum atomic E-state index is 13.7. The van der Waals surface area contributed by atoms with Gasteiger partial charge in [-0.1, -0.05) is 18.2 Å². The van der Waals surface area contributed by atoms with Gasteiger partial charge in [-0.3, -0.25) is 9.59 Å². The number of carbonyl (C=O) groups excluding carboxylic acids is 2. The molecule has 1 aromatic carbocycles. The average molecular weight is 335 g/mol. The average Bonchev–Trinajstić information content (AvgIpc) is 2.51. The van der Waals surface area contributed by atoms with Crippen molar-refractivity contribution in [2.45, 2.75) is 38.3 Å². The van der Waals surface area contributed by atoms with E-state index in [4.69, 9.17) is 10.4 Å². The number of aliphatic carboxylic acids is 1. The van der Waals surface area contributed by atoms with Gasteiger partial charge in [-0.2, -0.15) is 5.26 Å². The molecule has 8 heteroatoms. The molecular formula is C16H18FN3O4. The molecule has 2 amide bonds. The highest BCUT2D eigenvalue weighted by molar-refractivity contribution is 5.90. The summed E-state index contributed by atoms with van der Waals surface area (Å²) >= 11 is 0. The number of carboxylic acids is 1. The molecule has 3 N–H and O–H groups in total. The Morgan fingerprint density at radius 1 is 1.25 bits per heavy atom. The van der Waals surface area contributed by atoms with E-state index < -0.39 is 35.7 Å². The van der Waals surface area contributed by atoms with Gasteiger partial charge < -0.3 is 15.7 Å². The molecule has 128 valence electrons. The number of hydrogen-bond donors (Lipinski definition) is 3. The molecule has 0 bridgehead atoms. The van der Waals surface area contributed by atoms with Gasteiger partial charge in [0.1, 0.15) is 17.9 Å². The molecule has 0 unspecified atom stereocenters. The minimum atomic E-state index is -1.29. The SMILES string of the molecule is CC(=O)N[C@H](Cc1ccccc1F)C(=O)N[C@@H](CCC#N)C(=O)O. The lowest BCUT2D eigenvalue weighted by molar-refractivity contribution is -0.142. The molecule has 0 spiro atoms. The van der Waals surface area contributed by atoms with E-state index in [1.165, 1.54) is 25.1 Å². The number of benzene rings is 1. The number of nitrogens with one attached hydrogen (secondary N) is 2. The van der Waals surface area contributed by atoms with E-state index in [1.807, 2.05) is 0 Å². The van der Waals surface area contributed by atoms with Crippen LogP contribution in [0, 0.1) is 17.1 Å². The fourth-order valence-electron chi connectivity index (χ4n) is 2.08. The molecule has 0 aliphatic rings. The van der Waals surface area contributed by atoms with Gasteiger partial charge in [0.25, 0.3) is 0 Å². The van der Waals surface area contributed by atoms with Crippen LogP contribution in [0.5, 0.6) is 0 Å². The summed E-state index contributed by atoms with van der Waals surface area (Å²) in [6.45, 7) is 1.20. The lowest BCUT2D eigenvalue weighted by Crippen LogP contribution is -2.52. The number of halogens is 1. The standard InChI is InChI=1S/C16H18FN3O4/c1-10(21)19-14(9-11-5-2-3-6-12(11)17)15(22)20-13(16(23)24)7-4-8-18/h2-3,5-6,13-14H,4,7,9H2,1H3,(H,19,21)(H,20,22)(H,23,24)/t13-,14+/m0/s1. The summed E-state index contributed by atoms with van der Waals surface area (Å²) in [5.74, 6) is -3.07. The predicted molar refractivity (Wildman–Crippen MR) is 82.1 cm³/mol. The Hall–Kier alpha value is -2.95. The van der Waals surface area contributed by atoms with Crippen LogP contribution in [-0.4, -0.2) is 35.0 Å². The smallest absolute Gasteiger partial charge is 0.326 e. The van der Waals surface area contributed by atoms with Gasteiger partial charge in [-0.25, -0.2) is 9.18 Å². The van der Waals surface area contributed by atoms with Gasteiger partial charge in [-0.05, 0) is 18.1 Å². The second-order valence-corrected chi connectivity index (χ2v) is 5.14. The molecule has 2 atom stereocenters. The second kappa shape index (κ2) is 9.25. The first kappa shape index (κ1) is 19.1. The number of hydrogen-bond acceptors (Lipinski definition) is 4. The van der Waals surface area contributed by atoms with Crippen LogP contribution in [0.15, 0.2) is 24.3 Å². The number of carboxylic acid groups (broad SMARTS) is 1. The third-order valence-corrected chi connectivity index (χ3v) is 3.24. The first-order valence-electron chi connectivity index (χ1n) is 7.25. The van der Waals surface area contributed by atoms with Gasteiger partial charge in [0.05, 0.1) is 6.07 Å². The third kappa shape index (κ3) is 6.04. The molecule has 0 aliphatic heterocycles. The summed E-state index contributed by atoms with van der Waals surface area (Å²) in [7, 11) is 0. The maximum absolute atomic E-state index is 13.7. The second-order valence-electron chi connectivity index (χ2n) is 5.14. The summed E-state index contributed by atoms with van der Waals surface area (Å²) in [6.07, 6.45) is -0.234. The Bertz CT molecular complexity index is 657. The predicted octanol–water partition coefficient (Wildman–Crippen LogP) is 0.746. The zero-order valence-corrected chi connectivity index (χ0v) is 13.1. The third-order valence-electron chi connectivity index (χ3n) is 3.24. The van der Waals surface area contributed by atoms with Crippen LogP contribution in [0.25, 0.3) is 0 Å². The van der Waals surface area contributed by atoms with E-state index in [9.17, 15) is 18.8 Å². The van der Waals surface area contributed by atoms with Crippen molar-refractivity contribution >= 4 is 17.8 Å². The largest absolute Gasteiger partial charge is 0.480 e. The summed E-state index contributed by atoms with van der Waals surface area (Å²) in [4.78, 5) is 34.7. The van der Waals surface area contributed by atoms with Crippen molar-refractivity contribution in [3.8, 4) is 6.07 Å². The minimum absolute atomic E-state index is 0.0463. The molecule has 0 aliphatic carbocycles. The normalized spacial score (nSPS) is 12.5.